The number of pyridine rings is 1. The molecule has 1 aromatic carbocycles. The molecule has 2 aliphatic heterocycles. The van der Waals surface area contributed by atoms with Gasteiger partial charge in [-0.15, -0.1) is 0 Å². The van der Waals surface area contributed by atoms with Crippen LogP contribution in [0.3, 0.4) is 0 Å². The highest BCUT2D eigenvalue weighted by atomic mass is 35.5. The van der Waals surface area contributed by atoms with Crippen LogP contribution in [0.15, 0.2) is 63.9 Å². The molecule has 2 saturated heterocycles. The molecule has 0 bridgehead atoms. The van der Waals surface area contributed by atoms with Gasteiger partial charge in [-0.2, -0.15) is 0 Å². The summed E-state index contributed by atoms with van der Waals surface area (Å²) in [5.74, 6) is 1.26. The second-order valence-corrected chi connectivity index (χ2v) is 11.3. The van der Waals surface area contributed by atoms with E-state index in [1.54, 1.807) is 30.7 Å². The molecule has 10 nitrogen and oxygen atoms in total. The first-order valence-corrected chi connectivity index (χ1v) is 13.6. The summed E-state index contributed by atoms with van der Waals surface area (Å²) >= 11 is 8.10. The summed E-state index contributed by atoms with van der Waals surface area (Å²) in [7, 11) is 0. The Morgan fingerprint density at radius 1 is 1.08 bits per heavy atom. The van der Waals surface area contributed by atoms with E-state index in [1.807, 2.05) is 12.1 Å². The number of aromatic nitrogens is 5. The summed E-state index contributed by atoms with van der Waals surface area (Å²) in [6, 6.07) is 7.28. The summed E-state index contributed by atoms with van der Waals surface area (Å²) in [6.07, 6.45) is 8.66. The number of piperidine rings is 1. The molecule has 1 atom stereocenters. The van der Waals surface area contributed by atoms with E-state index < -0.39 is 0 Å². The van der Waals surface area contributed by atoms with Crippen LogP contribution in [0.4, 0.5) is 11.6 Å². The van der Waals surface area contributed by atoms with E-state index in [0.29, 0.717) is 44.8 Å². The van der Waals surface area contributed by atoms with Crippen LogP contribution in [-0.2, 0) is 11.3 Å². The van der Waals surface area contributed by atoms with Crippen LogP contribution in [-0.4, -0.2) is 56.8 Å². The number of nitrogens with two attached hydrogens (primary N) is 2. The van der Waals surface area contributed by atoms with Gasteiger partial charge in [0.1, 0.15) is 16.7 Å². The number of fused-ring (bicyclic) bond motifs is 1. The van der Waals surface area contributed by atoms with Crippen molar-refractivity contribution in [3.05, 3.63) is 70.1 Å². The highest BCUT2D eigenvalue weighted by Gasteiger charge is 2.44. The summed E-state index contributed by atoms with van der Waals surface area (Å²) in [5.41, 5.74) is 13.2. The molecule has 2 aliphatic rings. The van der Waals surface area contributed by atoms with Crippen molar-refractivity contribution < 1.29 is 4.74 Å². The normalized spacial score (nSPS) is 18.9. The first-order chi connectivity index (χ1) is 18.4. The molecule has 4 aromatic rings. The highest BCUT2D eigenvalue weighted by molar-refractivity contribution is 7.99. The van der Waals surface area contributed by atoms with Crippen molar-refractivity contribution in [1.29, 1.82) is 0 Å². The second-order valence-electron chi connectivity index (χ2n) is 9.83. The molecule has 5 heterocycles. The number of nitrogen functional groups attached to an aromatic ring is 1. The van der Waals surface area contributed by atoms with Crippen LogP contribution in [0.2, 0.25) is 5.02 Å². The highest BCUT2D eigenvalue weighted by Crippen LogP contribution is 2.40. The third-order valence-corrected chi connectivity index (χ3v) is 8.97. The Bertz CT molecular complexity index is 1520. The minimum absolute atomic E-state index is 0.0892. The predicted octanol–water partition coefficient (Wildman–Crippen LogP) is 2.96. The third kappa shape index (κ3) is 4.71. The topological polar surface area (TPSA) is 138 Å². The van der Waals surface area contributed by atoms with Crippen LogP contribution in [0, 0.1) is 5.41 Å². The molecule has 4 N–H and O–H groups in total. The molecule has 0 radical (unpaired) electrons. The summed E-state index contributed by atoms with van der Waals surface area (Å²) < 4.78 is 7.14. The molecule has 0 aliphatic carbocycles. The third-order valence-electron chi connectivity index (χ3n) is 7.48. The first-order valence-electron chi connectivity index (χ1n) is 12.4. The number of rotatable bonds is 5. The Labute approximate surface area is 228 Å². The van der Waals surface area contributed by atoms with Crippen molar-refractivity contribution in [3.63, 3.8) is 0 Å². The van der Waals surface area contributed by atoms with Crippen molar-refractivity contribution >= 4 is 45.9 Å². The van der Waals surface area contributed by atoms with E-state index in [-0.39, 0.29) is 17.0 Å². The van der Waals surface area contributed by atoms with Crippen molar-refractivity contribution in [3.8, 4) is 0 Å². The van der Waals surface area contributed by atoms with Crippen LogP contribution < -0.4 is 21.9 Å². The molecule has 0 saturated carbocycles. The van der Waals surface area contributed by atoms with Crippen molar-refractivity contribution in [1.82, 2.24) is 24.5 Å². The van der Waals surface area contributed by atoms with Crippen LogP contribution in [0.5, 0.6) is 0 Å². The number of hydrogen-bond acceptors (Lipinski definition) is 10. The standard InChI is InChI=1S/C26H27ClN8O2S/c27-24-18(3-2-17-23(24)25(36)35(15-33-17)12-16-1-4-20(29)30-9-16)38-22-11-31-21(10-32-22)34-7-5-26(6-8-34)14-37-13-19(26)28/h1-4,9-11,15,19H,5-8,12-14,28H2,(H2,29,30)/t19-/m1/s1. The van der Waals surface area contributed by atoms with E-state index in [2.05, 4.69) is 24.8 Å². The fraction of sp³-hybridized carbons (Fsp3) is 0.346. The van der Waals surface area contributed by atoms with Crippen molar-refractivity contribution in [2.24, 2.45) is 11.1 Å². The maximum Gasteiger partial charge on any atom is 0.263 e. The molecule has 2 fully saturated rings. The Kier molecular flexibility index (Phi) is 6.68. The molecule has 1 spiro atoms. The maximum atomic E-state index is 13.3. The Morgan fingerprint density at radius 2 is 1.92 bits per heavy atom. The van der Waals surface area contributed by atoms with Crippen LogP contribution in [0.25, 0.3) is 10.9 Å². The average Bonchev–Trinajstić information content (AvgIpc) is 3.28. The lowest BCUT2D eigenvalue weighted by atomic mass is 9.75. The van der Waals surface area contributed by atoms with Gasteiger partial charge in [0.2, 0.25) is 0 Å². The molecule has 3 aromatic heterocycles. The van der Waals surface area contributed by atoms with Gasteiger partial charge in [-0.1, -0.05) is 29.4 Å². The molecule has 0 amide bonds. The van der Waals surface area contributed by atoms with E-state index in [4.69, 9.17) is 27.8 Å². The molecule has 38 heavy (non-hydrogen) atoms. The molecule has 0 unspecified atom stereocenters. The summed E-state index contributed by atoms with van der Waals surface area (Å²) in [4.78, 5) is 34.0. The average molecular weight is 551 g/mol. The SMILES string of the molecule is Nc1ccc(Cn2cnc3ccc(Sc4cnc(N5CCC6(CC5)COC[C@H]6N)cn4)c(Cl)c3c2=O)cn1. The lowest BCUT2D eigenvalue weighted by Crippen LogP contribution is -2.49. The first kappa shape index (κ1) is 25.1. The van der Waals surface area contributed by atoms with Gasteiger partial charge >= 0.3 is 0 Å². The van der Waals surface area contributed by atoms with E-state index in [1.165, 1.54) is 22.7 Å². The smallest absolute Gasteiger partial charge is 0.263 e. The van der Waals surface area contributed by atoms with Crippen LogP contribution >= 0.6 is 23.4 Å². The number of benzene rings is 1. The quantitative estimate of drug-likeness (QED) is 0.381. The Balaban J connectivity index is 1.19. The van der Waals surface area contributed by atoms with Gasteiger partial charge in [-0.05, 0) is 36.6 Å². The van der Waals surface area contributed by atoms with Gasteiger partial charge in [0.15, 0.2) is 0 Å². The largest absolute Gasteiger partial charge is 0.384 e. The van der Waals surface area contributed by atoms with E-state index in [9.17, 15) is 4.79 Å². The monoisotopic (exact) mass is 550 g/mol. The molecule has 196 valence electrons. The summed E-state index contributed by atoms with van der Waals surface area (Å²) in [6.45, 7) is 3.45. The lowest BCUT2D eigenvalue weighted by molar-refractivity contribution is 0.131. The van der Waals surface area contributed by atoms with Crippen molar-refractivity contribution in [2.45, 2.75) is 35.3 Å². The number of halogens is 1. The minimum Gasteiger partial charge on any atom is -0.384 e. The van der Waals surface area contributed by atoms with Gasteiger partial charge in [0, 0.05) is 35.6 Å². The van der Waals surface area contributed by atoms with Gasteiger partial charge in [0.25, 0.3) is 5.56 Å². The fourth-order valence-electron chi connectivity index (χ4n) is 5.11. The second kappa shape index (κ2) is 10.1. The summed E-state index contributed by atoms with van der Waals surface area (Å²) in [5, 5.41) is 1.40. The number of hydrogen-bond donors (Lipinski definition) is 2. The van der Waals surface area contributed by atoms with E-state index >= 15 is 0 Å². The number of nitrogens with zero attached hydrogens (tertiary/aromatic N) is 6. The van der Waals surface area contributed by atoms with Gasteiger partial charge in [-0.3, -0.25) is 9.36 Å². The molecule has 6 rings (SSSR count). The maximum absolute atomic E-state index is 13.3. The minimum atomic E-state index is -0.226. The van der Waals surface area contributed by atoms with Gasteiger partial charge < -0.3 is 21.1 Å². The molecular weight excluding hydrogens is 524 g/mol. The Morgan fingerprint density at radius 3 is 2.61 bits per heavy atom. The molecular formula is C26H27ClN8O2S. The van der Waals surface area contributed by atoms with Gasteiger partial charge in [-0.25, -0.2) is 19.9 Å². The molecule has 12 heteroatoms. The number of ether oxygens (including phenoxy) is 1. The predicted molar refractivity (Wildman–Crippen MR) is 148 cm³/mol. The zero-order chi connectivity index (χ0) is 26.3. The van der Waals surface area contributed by atoms with Crippen molar-refractivity contribution in [2.75, 3.05) is 36.9 Å². The van der Waals surface area contributed by atoms with Crippen LogP contribution in [0.1, 0.15) is 18.4 Å². The van der Waals surface area contributed by atoms with Gasteiger partial charge in [0.05, 0.1) is 54.4 Å². The zero-order valence-electron chi connectivity index (χ0n) is 20.6. The Hall–Kier alpha value is -3.25. The lowest BCUT2D eigenvalue weighted by Gasteiger charge is -2.41. The van der Waals surface area contributed by atoms with E-state index in [0.717, 1.165) is 43.9 Å². The number of anilines is 2. The zero-order valence-corrected chi connectivity index (χ0v) is 22.2. The fourth-order valence-corrected chi connectivity index (χ4v) is 6.23.